The van der Waals surface area contributed by atoms with Gasteiger partial charge in [-0.1, -0.05) is 60.7 Å². The van der Waals surface area contributed by atoms with E-state index < -0.39 is 9.85 Å². The molecule has 268 valence electrons. The third kappa shape index (κ3) is 7.67. The van der Waals surface area contributed by atoms with E-state index in [2.05, 4.69) is 40.5 Å². The van der Waals surface area contributed by atoms with Gasteiger partial charge in [0.05, 0.1) is 44.0 Å². The number of nitrogens with zero attached hydrogens (tertiary/aromatic N) is 10. The molecule has 2 atom stereocenters. The van der Waals surface area contributed by atoms with E-state index in [-0.39, 0.29) is 23.5 Å². The van der Waals surface area contributed by atoms with E-state index in [9.17, 15) is 20.2 Å². The Morgan fingerprint density at radius 2 is 1.04 bits per heavy atom. The highest BCUT2D eigenvalue weighted by Crippen LogP contribution is 2.25. The number of imidazole rings is 2. The largest absolute Gasteiger partial charge is 0.348 e. The number of rotatable bonds is 10. The molecule has 16 heteroatoms. The van der Waals surface area contributed by atoms with Crippen LogP contribution < -0.4 is 10.6 Å². The molecule has 0 radical (unpaired) electrons. The zero-order valence-corrected chi connectivity index (χ0v) is 29.0. The van der Waals surface area contributed by atoms with Crippen molar-refractivity contribution in [3.8, 4) is 11.6 Å². The number of hydrogen-bond donors (Lipinski definition) is 2. The number of aromatic nitrogens is 8. The maximum absolute atomic E-state index is 11.1. The molecule has 0 aliphatic carbocycles. The van der Waals surface area contributed by atoms with Crippen molar-refractivity contribution < 1.29 is 9.85 Å². The summed E-state index contributed by atoms with van der Waals surface area (Å²) in [5, 5.41) is 28.6. The molecule has 4 heterocycles. The molecule has 4 aromatic carbocycles. The average Bonchev–Trinajstić information content (AvgIpc) is 3.83. The van der Waals surface area contributed by atoms with Crippen LogP contribution in [0.1, 0.15) is 37.1 Å². The van der Waals surface area contributed by atoms with Crippen molar-refractivity contribution in [2.24, 2.45) is 0 Å². The van der Waals surface area contributed by atoms with Gasteiger partial charge in [-0.15, -0.1) is 0 Å². The minimum Gasteiger partial charge on any atom is -0.348 e. The van der Waals surface area contributed by atoms with E-state index in [0.29, 0.717) is 40.1 Å². The Morgan fingerprint density at radius 3 is 1.57 bits per heavy atom. The standard InChI is InChI=1S/2C19H16N6O2/c1-13(14-5-3-2-4-6-14)22-19-20-10-9-18(23-19)24-12-21-16-11-15(25(26)27)7-8-17(16)24;1-13(14-5-3-2-4-6-14)22-19-20-10-9-18(23-19)24-12-21-16-8-7-15(25(26)27)11-17(16)24/h2*2-13H,1H3,(H,20,22,23)/t2*13-/m00/s1. The first-order valence-electron chi connectivity index (χ1n) is 16.8. The molecule has 0 amide bonds. The van der Waals surface area contributed by atoms with Gasteiger partial charge in [-0.25, -0.2) is 19.9 Å². The van der Waals surface area contributed by atoms with Crippen molar-refractivity contribution in [3.63, 3.8) is 0 Å². The highest BCUT2D eigenvalue weighted by molar-refractivity contribution is 5.80. The van der Waals surface area contributed by atoms with Crippen LogP contribution in [0.25, 0.3) is 33.7 Å². The number of nitrogens with one attached hydrogen (secondary N) is 2. The van der Waals surface area contributed by atoms with Crippen LogP contribution >= 0.6 is 0 Å². The fraction of sp³-hybridized carbons (Fsp3) is 0.105. The molecule has 0 saturated carbocycles. The monoisotopic (exact) mass is 720 g/mol. The average molecular weight is 721 g/mol. The second-order valence-corrected chi connectivity index (χ2v) is 12.1. The molecule has 0 unspecified atom stereocenters. The van der Waals surface area contributed by atoms with Crippen molar-refractivity contribution in [3.05, 3.63) is 166 Å². The molecule has 16 nitrogen and oxygen atoms in total. The number of nitro benzene ring substituents is 2. The minimum atomic E-state index is -0.434. The molecule has 8 rings (SSSR count). The summed E-state index contributed by atoms with van der Waals surface area (Å²) in [6.07, 6.45) is 6.51. The van der Waals surface area contributed by atoms with Crippen LogP contribution in [0, 0.1) is 20.2 Å². The van der Waals surface area contributed by atoms with Crippen LogP contribution in [-0.2, 0) is 0 Å². The smallest absolute Gasteiger partial charge is 0.271 e. The third-order valence-corrected chi connectivity index (χ3v) is 8.55. The van der Waals surface area contributed by atoms with E-state index in [1.165, 1.54) is 24.3 Å². The van der Waals surface area contributed by atoms with E-state index in [1.807, 2.05) is 74.5 Å². The molecule has 54 heavy (non-hydrogen) atoms. The normalized spacial score (nSPS) is 12.0. The van der Waals surface area contributed by atoms with Crippen LogP contribution in [0.4, 0.5) is 23.3 Å². The highest BCUT2D eigenvalue weighted by Gasteiger charge is 2.15. The molecule has 0 bridgehead atoms. The van der Waals surface area contributed by atoms with Gasteiger partial charge in [0.1, 0.15) is 24.3 Å². The molecule has 8 aromatic rings. The summed E-state index contributed by atoms with van der Waals surface area (Å²) in [6.45, 7) is 4.07. The number of fused-ring (bicyclic) bond motifs is 2. The van der Waals surface area contributed by atoms with Gasteiger partial charge >= 0.3 is 0 Å². The molecule has 0 fully saturated rings. The first-order valence-corrected chi connectivity index (χ1v) is 16.8. The van der Waals surface area contributed by atoms with Crippen LogP contribution in [-0.4, -0.2) is 48.9 Å². The molecule has 0 aliphatic rings. The fourth-order valence-electron chi connectivity index (χ4n) is 5.73. The van der Waals surface area contributed by atoms with Crippen LogP contribution in [0.15, 0.2) is 134 Å². The maximum atomic E-state index is 11.1. The molecule has 0 aliphatic heterocycles. The Labute approximate surface area is 307 Å². The maximum Gasteiger partial charge on any atom is 0.271 e. The van der Waals surface area contributed by atoms with Crippen LogP contribution in [0.3, 0.4) is 0 Å². The van der Waals surface area contributed by atoms with Gasteiger partial charge < -0.3 is 10.6 Å². The van der Waals surface area contributed by atoms with E-state index in [4.69, 9.17) is 0 Å². The second kappa shape index (κ2) is 15.3. The Balaban J connectivity index is 0.000000167. The van der Waals surface area contributed by atoms with Crippen LogP contribution in [0.5, 0.6) is 0 Å². The first kappa shape index (κ1) is 34.8. The number of anilines is 2. The predicted octanol–water partition coefficient (Wildman–Crippen LogP) is 7.79. The second-order valence-electron chi connectivity index (χ2n) is 12.1. The third-order valence-electron chi connectivity index (χ3n) is 8.55. The lowest BCUT2D eigenvalue weighted by molar-refractivity contribution is -0.384. The summed E-state index contributed by atoms with van der Waals surface area (Å²) < 4.78 is 3.49. The quantitative estimate of drug-likeness (QED) is 0.103. The molecular weight excluding hydrogens is 688 g/mol. The Hall–Kier alpha value is -7.62. The van der Waals surface area contributed by atoms with E-state index in [0.717, 1.165) is 16.6 Å². The van der Waals surface area contributed by atoms with Gasteiger partial charge in [0, 0.05) is 36.7 Å². The zero-order valence-electron chi connectivity index (χ0n) is 29.0. The number of nitro groups is 2. The molecular formula is C38H32N12O4. The van der Waals surface area contributed by atoms with Gasteiger partial charge in [-0.05, 0) is 49.2 Å². The lowest BCUT2D eigenvalue weighted by Gasteiger charge is -2.14. The van der Waals surface area contributed by atoms with Crippen LogP contribution in [0.2, 0.25) is 0 Å². The summed E-state index contributed by atoms with van der Waals surface area (Å²) >= 11 is 0. The topological polar surface area (TPSA) is 198 Å². The first-order chi connectivity index (χ1) is 26.2. The van der Waals surface area contributed by atoms with E-state index >= 15 is 0 Å². The molecule has 4 aromatic heterocycles. The Bertz CT molecular complexity index is 2580. The lowest BCUT2D eigenvalue weighted by Crippen LogP contribution is -2.10. The van der Waals surface area contributed by atoms with Crippen molar-refractivity contribution in [2.45, 2.75) is 25.9 Å². The summed E-state index contributed by atoms with van der Waals surface area (Å²) in [6, 6.07) is 32.7. The molecule has 2 N–H and O–H groups in total. The van der Waals surface area contributed by atoms with Crippen molar-refractivity contribution in [1.82, 2.24) is 39.0 Å². The highest BCUT2D eigenvalue weighted by atomic mass is 16.6. The molecule has 0 saturated heterocycles. The number of non-ortho nitro benzene ring substituents is 2. The SMILES string of the molecule is C[C@H](Nc1nccc(-n2cnc3cc([N+](=O)[O-])ccc32)n1)c1ccccc1.C[C@H](Nc1nccc(-n2cnc3ccc([N+](=O)[O-])cc32)n1)c1ccccc1. The zero-order chi connectivity index (χ0) is 37.6. The lowest BCUT2D eigenvalue weighted by atomic mass is 10.1. The summed E-state index contributed by atoms with van der Waals surface area (Å²) in [4.78, 5) is 47.3. The van der Waals surface area contributed by atoms with E-state index in [1.54, 1.807) is 58.4 Å². The molecule has 0 spiro atoms. The van der Waals surface area contributed by atoms with Gasteiger partial charge in [-0.2, -0.15) is 9.97 Å². The minimum absolute atomic E-state index is 0.00866. The summed E-state index contributed by atoms with van der Waals surface area (Å²) in [5.41, 5.74) is 4.82. The van der Waals surface area contributed by atoms with Crippen molar-refractivity contribution in [2.75, 3.05) is 10.6 Å². The van der Waals surface area contributed by atoms with Gasteiger partial charge in [0.15, 0.2) is 0 Å². The fourth-order valence-corrected chi connectivity index (χ4v) is 5.73. The number of hydrogen-bond acceptors (Lipinski definition) is 12. The van der Waals surface area contributed by atoms with Gasteiger partial charge in [-0.3, -0.25) is 29.4 Å². The summed E-state index contributed by atoms with van der Waals surface area (Å²) in [7, 11) is 0. The Morgan fingerprint density at radius 1 is 0.556 bits per heavy atom. The van der Waals surface area contributed by atoms with Gasteiger partial charge in [0.2, 0.25) is 11.9 Å². The van der Waals surface area contributed by atoms with Crippen molar-refractivity contribution in [1.29, 1.82) is 0 Å². The number of benzene rings is 4. The Kier molecular flexibility index (Phi) is 9.88. The summed E-state index contributed by atoms with van der Waals surface area (Å²) in [5.74, 6) is 2.17. The van der Waals surface area contributed by atoms with Gasteiger partial charge in [0.25, 0.3) is 11.4 Å². The van der Waals surface area contributed by atoms with Crippen molar-refractivity contribution >= 4 is 45.3 Å². The predicted molar refractivity (Wildman–Crippen MR) is 204 cm³/mol.